The van der Waals surface area contributed by atoms with E-state index in [0.29, 0.717) is 18.8 Å². The molecule has 0 amide bonds. The number of hydrogen-bond acceptors (Lipinski definition) is 2. The second-order valence-corrected chi connectivity index (χ2v) is 6.25. The van der Waals surface area contributed by atoms with Gasteiger partial charge in [0, 0.05) is 0 Å². The van der Waals surface area contributed by atoms with Gasteiger partial charge in [0.1, 0.15) is 0 Å². The van der Waals surface area contributed by atoms with Gasteiger partial charge in [0.15, 0.2) is 0 Å². The van der Waals surface area contributed by atoms with E-state index in [0.717, 1.165) is 25.2 Å². The lowest BCUT2D eigenvalue weighted by molar-refractivity contribution is -0.156. The first-order valence-electron chi connectivity index (χ1n) is 7.37. The molecular formula is C15H26O4. The maximum atomic E-state index is 11.2. The van der Waals surface area contributed by atoms with Gasteiger partial charge in [-0.15, -0.1) is 0 Å². The number of carbonyl (C=O) groups is 2. The summed E-state index contributed by atoms with van der Waals surface area (Å²) in [7, 11) is 0. The number of hydrogen-bond donors (Lipinski definition) is 2. The first kappa shape index (κ1) is 16.0. The van der Waals surface area contributed by atoms with Gasteiger partial charge in [0.2, 0.25) is 0 Å². The summed E-state index contributed by atoms with van der Waals surface area (Å²) in [6, 6.07) is 0. The summed E-state index contributed by atoms with van der Waals surface area (Å²) in [5, 5.41) is 18.2. The molecule has 1 rings (SSSR count). The summed E-state index contributed by atoms with van der Waals surface area (Å²) in [4.78, 5) is 22.2. The molecule has 3 atom stereocenters. The lowest BCUT2D eigenvalue weighted by atomic mass is 9.72. The van der Waals surface area contributed by atoms with Crippen LogP contribution in [0.4, 0.5) is 0 Å². The molecule has 0 spiro atoms. The SMILES string of the molecule is CC(C)CCCCC1CCC(C(=O)O)C(C(=O)O)C1. The van der Waals surface area contributed by atoms with Crippen molar-refractivity contribution in [1.82, 2.24) is 0 Å². The number of unbranched alkanes of at least 4 members (excludes halogenated alkanes) is 1. The number of rotatable bonds is 7. The van der Waals surface area contributed by atoms with Crippen molar-refractivity contribution >= 4 is 11.9 Å². The Hall–Kier alpha value is -1.06. The molecular weight excluding hydrogens is 244 g/mol. The average molecular weight is 270 g/mol. The van der Waals surface area contributed by atoms with E-state index in [1.54, 1.807) is 0 Å². The molecule has 2 N–H and O–H groups in total. The fraction of sp³-hybridized carbons (Fsp3) is 0.867. The van der Waals surface area contributed by atoms with Crippen molar-refractivity contribution < 1.29 is 19.8 Å². The zero-order valence-corrected chi connectivity index (χ0v) is 12.0. The smallest absolute Gasteiger partial charge is 0.307 e. The molecule has 0 radical (unpaired) electrons. The Morgan fingerprint density at radius 2 is 1.68 bits per heavy atom. The third kappa shape index (κ3) is 5.21. The molecule has 0 heterocycles. The van der Waals surface area contributed by atoms with E-state index in [1.165, 1.54) is 12.8 Å². The fourth-order valence-electron chi connectivity index (χ4n) is 3.07. The van der Waals surface area contributed by atoms with Crippen LogP contribution in [-0.2, 0) is 9.59 Å². The fourth-order valence-corrected chi connectivity index (χ4v) is 3.07. The van der Waals surface area contributed by atoms with Crippen molar-refractivity contribution in [3.63, 3.8) is 0 Å². The van der Waals surface area contributed by atoms with Gasteiger partial charge in [0.05, 0.1) is 11.8 Å². The summed E-state index contributed by atoms with van der Waals surface area (Å²) >= 11 is 0. The maximum Gasteiger partial charge on any atom is 0.307 e. The van der Waals surface area contributed by atoms with Crippen molar-refractivity contribution in [2.24, 2.45) is 23.7 Å². The molecule has 110 valence electrons. The van der Waals surface area contributed by atoms with Gasteiger partial charge < -0.3 is 10.2 Å². The predicted octanol–water partition coefficient (Wildman–Crippen LogP) is 3.40. The summed E-state index contributed by atoms with van der Waals surface area (Å²) < 4.78 is 0. The molecule has 0 saturated heterocycles. The van der Waals surface area contributed by atoms with E-state index >= 15 is 0 Å². The van der Waals surface area contributed by atoms with Gasteiger partial charge in [-0.25, -0.2) is 0 Å². The summed E-state index contributed by atoms with van der Waals surface area (Å²) in [5.41, 5.74) is 0. The van der Waals surface area contributed by atoms with Gasteiger partial charge in [-0.2, -0.15) is 0 Å². The Kier molecular flexibility index (Phi) is 6.32. The minimum atomic E-state index is -0.953. The van der Waals surface area contributed by atoms with Crippen molar-refractivity contribution in [3.05, 3.63) is 0 Å². The van der Waals surface area contributed by atoms with E-state index in [1.807, 2.05) is 0 Å². The van der Waals surface area contributed by atoms with Gasteiger partial charge in [-0.05, 0) is 31.1 Å². The average Bonchev–Trinajstić information content (AvgIpc) is 2.33. The van der Waals surface area contributed by atoms with Crippen molar-refractivity contribution in [3.8, 4) is 0 Å². The van der Waals surface area contributed by atoms with Gasteiger partial charge in [0.25, 0.3) is 0 Å². The Morgan fingerprint density at radius 1 is 1.05 bits per heavy atom. The zero-order chi connectivity index (χ0) is 14.4. The molecule has 19 heavy (non-hydrogen) atoms. The van der Waals surface area contributed by atoms with Crippen LogP contribution in [0.1, 0.15) is 58.8 Å². The summed E-state index contributed by atoms with van der Waals surface area (Å²) in [5.74, 6) is -2.17. The quantitative estimate of drug-likeness (QED) is 0.695. The highest BCUT2D eigenvalue weighted by Crippen LogP contribution is 2.36. The zero-order valence-electron chi connectivity index (χ0n) is 12.0. The van der Waals surface area contributed by atoms with Crippen LogP contribution < -0.4 is 0 Å². The molecule has 0 bridgehead atoms. The van der Waals surface area contributed by atoms with E-state index in [9.17, 15) is 9.59 Å². The monoisotopic (exact) mass is 270 g/mol. The molecule has 4 heteroatoms. The standard InChI is InChI=1S/C15H26O4/c1-10(2)5-3-4-6-11-7-8-12(14(16)17)13(9-11)15(18)19/h10-13H,3-9H2,1-2H3,(H,16,17)(H,18,19). The van der Waals surface area contributed by atoms with E-state index in [2.05, 4.69) is 13.8 Å². The van der Waals surface area contributed by atoms with Crippen LogP contribution >= 0.6 is 0 Å². The van der Waals surface area contributed by atoms with Crippen LogP contribution in [0, 0.1) is 23.7 Å². The Balaban J connectivity index is 2.39. The van der Waals surface area contributed by atoms with Gasteiger partial charge in [-0.3, -0.25) is 9.59 Å². The molecule has 1 saturated carbocycles. The highest BCUT2D eigenvalue weighted by atomic mass is 16.4. The Bertz CT molecular complexity index is 311. The third-order valence-corrected chi connectivity index (χ3v) is 4.24. The number of carboxylic acid groups (broad SMARTS) is 2. The normalized spacial score (nSPS) is 27.4. The van der Waals surface area contributed by atoms with Crippen molar-refractivity contribution in [2.45, 2.75) is 58.8 Å². The van der Waals surface area contributed by atoms with Gasteiger partial charge in [-0.1, -0.05) is 39.5 Å². The molecule has 0 aromatic rings. The number of aliphatic carboxylic acids is 2. The molecule has 1 fully saturated rings. The first-order chi connectivity index (χ1) is 8.91. The number of carboxylic acids is 2. The van der Waals surface area contributed by atoms with Crippen LogP contribution in [0.3, 0.4) is 0 Å². The molecule has 0 aromatic carbocycles. The highest BCUT2D eigenvalue weighted by Gasteiger charge is 2.39. The molecule has 1 aliphatic carbocycles. The predicted molar refractivity (Wildman–Crippen MR) is 72.9 cm³/mol. The van der Waals surface area contributed by atoms with Crippen LogP contribution in [-0.4, -0.2) is 22.2 Å². The molecule has 0 aromatic heterocycles. The largest absolute Gasteiger partial charge is 0.481 e. The van der Waals surface area contributed by atoms with Gasteiger partial charge >= 0.3 is 11.9 Å². The second kappa shape index (κ2) is 7.51. The maximum absolute atomic E-state index is 11.2. The lowest BCUT2D eigenvalue weighted by Gasteiger charge is -2.31. The van der Waals surface area contributed by atoms with Crippen molar-refractivity contribution in [1.29, 1.82) is 0 Å². The van der Waals surface area contributed by atoms with E-state index in [-0.39, 0.29) is 0 Å². The molecule has 4 nitrogen and oxygen atoms in total. The molecule has 3 unspecified atom stereocenters. The topological polar surface area (TPSA) is 74.6 Å². The summed E-state index contributed by atoms with van der Waals surface area (Å²) in [6.45, 7) is 4.41. The summed E-state index contributed by atoms with van der Waals surface area (Å²) in [6.07, 6.45) is 6.49. The van der Waals surface area contributed by atoms with Crippen LogP contribution in [0.5, 0.6) is 0 Å². The minimum absolute atomic E-state index is 0.392. The molecule has 1 aliphatic rings. The Labute approximate surface area is 115 Å². The molecule has 0 aliphatic heterocycles. The van der Waals surface area contributed by atoms with Crippen LogP contribution in [0.2, 0.25) is 0 Å². The van der Waals surface area contributed by atoms with Crippen molar-refractivity contribution in [2.75, 3.05) is 0 Å². The lowest BCUT2D eigenvalue weighted by Crippen LogP contribution is -2.35. The first-order valence-corrected chi connectivity index (χ1v) is 7.37. The minimum Gasteiger partial charge on any atom is -0.481 e. The third-order valence-electron chi connectivity index (χ3n) is 4.24. The van der Waals surface area contributed by atoms with Crippen LogP contribution in [0.25, 0.3) is 0 Å². The van der Waals surface area contributed by atoms with Crippen LogP contribution in [0.15, 0.2) is 0 Å². The Morgan fingerprint density at radius 3 is 2.21 bits per heavy atom. The van der Waals surface area contributed by atoms with E-state index in [4.69, 9.17) is 10.2 Å². The van der Waals surface area contributed by atoms with E-state index < -0.39 is 23.8 Å². The second-order valence-electron chi connectivity index (χ2n) is 6.25. The highest BCUT2D eigenvalue weighted by molar-refractivity contribution is 5.80.